The molecule has 20 heavy (non-hydrogen) atoms. The van der Waals surface area contributed by atoms with Crippen LogP contribution in [0.25, 0.3) is 0 Å². The summed E-state index contributed by atoms with van der Waals surface area (Å²) < 4.78 is 13.8. The Balaban J connectivity index is 2.25. The molecule has 0 bridgehead atoms. The summed E-state index contributed by atoms with van der Waals surface area (Å²) in [4.78, 5) is 12.7. The quantitative estimate of drug-likeness (QED) is 0.882. The van der Waals surface area contributed by atoms with Gasteiger partial charge in [0, 0.05) is 12.2 Å². The second-order valence-corrected chi connectivity index (χ2v) is 6.63. The van der Waals surface area contributed by atoms with E-state index in [1.807, 2.05) is 0 Å². The lowest BCUT2D eigenvalue weighted by atomic mass is 9.75. The molecule has 5 heteroatoms. The minimum Gasteiger partial charge on any atom is -0.325 e. The van der Waals surface area contributed by atoms with Crippen molar-refractivity contribution in [3.05, 3.63) is 28.0 Å². The zero-order valence-corrected chi connectivity index (χ0v) is 13.6. The molecule has 0 saturated carbocycles. The molecule has 0 aliphatic carbocycles. The molecule has 110 valence electrons. The van der Waals surface area contributed by atoms with Crippen LogP contribution in [-0.2, 0) is 4.79 Å². The van der Waals surface area contributed by atoms with Gasteiger partial charge in [-0.2, -0.15) is 0 Å². The van der Waals surface area contributed by atoms with Crippen LogP contribution in [-0.4, -0.2) is 19.0 Å². The van der Waals surface area contributed by atoms with E-state index in [4.69, 9.17) is 0 Å². The lowest BCUT2D eigenvalue weighted by Crippen LogP contribution is -2.42. The number of carbonyl (C=O) groups is 1. The highest BCUT2D eigenvalue weighted by Gasteiger charge is 2.43. The van der Waals surface area contributed by atoms with E-state index in [9.17, 15) is 9.18 Å². The Kier molecular flexibility index (Phi) is 4.49. The van der Waals surface area contributed by atoms with Crippen molar-refractivity contribution in [2.24, 2.45) is 11.3 Å². The van der Waals surface area contributed by atoms with E-state index in [-0.39, 0.29) is 23.1 Å². The summed E-state index contributed by atoms with van der Waals surface area (Å²) in [6.07, 6.45) is 0.831. The summed E-state index contributed by atoms with van der Waals surface area (Å²) in [5, 5.41) is 6.23. The first-order valence-electron chi connectivity index (χ1n) is 6.84. The first kappa shape index (κ1) is 15.4. The molecule has 1 aliphatic rings. The van der Waals surface area contributed by atoms with Crippen molar-refractivity contribution >= 4 is 27.5 Å². The van der Waals surface area contributed by atoms with Crippen molar-refractivity contribution < 1.29 is 9.18 Å². The molecule has 2 rings (SSSR count). The Morgan fingerprint density at radius 1 is 1.50 bits per heavy atom. The fraction of sp³-hybridized carbons (Fsp3) is 0.533. The van der Waals surface area contributed by atoms with Gasteiger partial charge in [-0.15, -0.1) is 0 Å². The highest BCUT2D eigenvalue weighted by Crippen LogP contribution is 2.36. The van der Waals surface area contributed by atoms with Gasteiger partial charge in [0.15, 0.2) is 0 Å². The highest BCUT2D eigenvalue weighted by molar-refractivity contribution is 9.10. The lowest BCUT2D eigenvalue weighted by Gasteiger charge is -2.31. The molecule has 1 unspecified atom stereocenters. The summed E-state index contributed by atoms with van der Waals surface area (Å²) in [7, 11) is 0. The standard InChI is InChI=1S/C15H20BrFN2O/c1-9(2)15(4-5-18-8-15)14(20)19-13-7-11(16)12(17)6-10(13)3/h6-7,9,18H,4-5,8H2,1-3H3,(H,19,20). The Bertz CT molecular complexity index is 525. The van der Waals surface area contributed by atoms with Crippen LogP contribution in [0.2, 0.25) is 0 Å². The average Bonchev–Trinajstić information content (AvgIpc) is 2.86. The SMILES string of the molecule is Cc1cc(F)c(Br)cc1NC(=O)C1(C(C)C)CCNC1. The molecule has 1 fully saturated rings. The summed E-state index contributed by atoms with van der Waals surface area (Å²) in [5.41, 5.74) is 1.01. The van der Waals surface area contributed by atoms with Crippen molar-refractivity contribution in [3.63, 3.8) is 0 Å². The van der Waals surface area contributed by atoms with Crippen LogP contribution in [0, 0.1) is 24.1 Å². The third kappa shape index (κ3) is 2.74. The van der Waals surface area contributed by atoms with E-state index in [1.54, 1.807) is 13.0 Å². The third-order valence-electron chi connectivity index (χ3n) is 4.26. The van der Waals surface area contributed by atoms with Crippen LogP contribution >= 0.6 is 15.9 Å². The minimum atomic E-state index is -0.382. The molecule has 1 aromatic carbocycles. The molecule has 0 radical (unpaired) electrons. The van der Waals surface area contributed by atoms with Crippen LogP contribution < -0.4 is 10.6 Å². The second-order valence-electron chi connectivity index (χ2n) is 5.77. The van der Waals surface area contributed by atoms with Gasteiger partial charge in [-0.05, 0) is 59.4 Å². The molecule has 0 aromatic heterocycles. The van der Waals surface area contributed by atoms with Gasteiger partial charge in [0.25, 0.3) is 0 Å². The van der Waals surface area contributed by atoms with Crippen molar-refractivity contribution in [2.75, 3.05) is 18.4 Å². The fourth-order valence-electron chi connectivity index (χ4n) is 2.69. The second kappa shape index (κ2) is 5.82. The Labute approximate surface area is 127 Å². The number of rotatable bonds is 3. The fourth-order valence-corrected chi connectivity index (χ4v) is 3.03. The van der Waals surface area contributed by atoms with Gasteiger partial charge >= 0.3 is 0 Å². The van der Waals surface area contributed by atoms with E-state index in [2.05, 4.69) is 40.4 Å². The Morgan fingerprint density at radius 3 is 2.75 bits per heavy atom. The van der Waals surface area contributed by atoms with E-state index in [0.717, 1.165) is 18.5 Å². The molecular formula is C15H20BrFN2O. The largest absolute Gasteiger partial charge is 0.325 e. The zero-order chi connectivity index (χ0) is 14.9. The van der Waals surface area contributed by atoms with Crippen molar-refractivity contribution in [2.45, 2.75) is 27.2 Å². The maximum absolute atomic E-state index is 13.4. The molecule has 1 amide bonds. The Morgan fingerprint density at radius 2 is 2.20 bits per heavy atom. The molecule has 1 aromatic rings. The zero-order valence-electron chi connectivity index (χ0n) is 12.0. The lowest BCUT2D eigenvalue weighted by molar-refractivity contribution is -0.126. The maximum Gasteiger partial charge on any atom is 0.232 e. The number of hydrogen-bond acceptors (Lipinski definition) is 2. The van der Waals surface area contributed by atoms with Gasteiger partial charge in [0.1, 0.15) is 5.82 Å². The number of amides is 1. The summed E-state index contributed by atoms with van der Waals surface area (Å²) >= 11 is 3.16. The maximum atomic E-state index is 13.4. The average molecular weight is 343 g/mol. The van der Waals surface area contributed by atoms with Crippen LogP contribution in [0.4, 0.5) is 10.1 Å². The summed E-state index contributed by atoms with van der Waals surface area (Å²) in [6.45, 7) is 7.48. The van der Waals surface area contributed by atoms with E-state index in [1.165, 1.54) is 6.07 Å². The first-order chi connectivity index (χ1) is 9.36. The van der Waals surface area contributed by atoms with Gasteiger partial charge in [-0.1, -0.05) is 13.8 Å². The monoisotopic (exact) mass is 342 g/mol. The molecule has 1 aliphatic heterocycles. The van der Waals surface area contributed by atoms with Crippen LogP contribution in [0.5, 0.6) is 0 Å². The minimum absolute atomic E-state index is 0.0131. The molecule has 2 N–H and O–H groups in total. The topological polar surface area (TPSA) is 41.1 Å². The summed E-state index contributed by atoms with van der Waals surface area (Å²) in [5.74, 6) is -0.0533. The van der Waals surface area contributed by atoms with Gasteiger partial charge in [-0.3, -0.25) is 4.79 Å². The van der Waals surface area contributed by atoms with Crippen molar-refractivity contribution in [3.8, 4) is 0 Å². The van der Waals surface area contributed by atoms with Crippen LogP contribution in [0.3, 0.4) is 0 Å². The van der Waals surface area contributed by atoms with Gasteiger partial charge < -0.3 is 10.6 Å². The number of nitrogens with one attached hydrogen (secondary N) is 2. The van der Waals surface area contributed by atoms with Crippen LogP contribution in [0.1, 0.15) is 25.8 Å². The number of hydrogen-bond donors (Lipinski definition) is 2. The van der Waals surface area contributed by atoms with Crippen molar-refractivity contribution in [1.82, 2.24) is 5.32 Å². The third-order valence-corrected chi connectivity index (χ3v) is 4.87. The first-order valence-corrected chi connectivity index (χ1v) is 7.64. The number of aryl methyl sites for hydroxylation is 1. The summed E-state index contributed by atoms with van der Waals surface area (Å²) in [6, 6.07) is 3.05. The van der Waals surface area contributed by atoms with Gasteiger partial charge in [0.05, 0.1) is 9.89 Å². The van der Waals surface area contributed by atoms with E-state index in [0.29, 0.717) is 16.7 Å². The molecule has 1 saturated heterocycles. The number of anilines is 1. The molecule has 0 spiro atoms. The number of benzene rings is 1. The van der Waals surface area contributed by atoms with Crippen molar-refractivity contribution in [1.29, 1.82) is 0 Å². The molecular weight excluding hydrogens is 323 g/mol. The predicted octanol–water partition coefficient (Wildman–Crippen LogP) is 3.47. The van der Waals surface area contributed by atoms with Gasteiger partial charge in [0.2, 0.25) is 5.91 Å². The van der Waals surface area contributed by atoms with E-state index < -0.39 is 0 Å². The number of carbonyl (C=O) groups excluding carboxylic acids is 1. The van der Waals surface area contributed by atoms with Gasteiger partial charge in [-0.25, -0.2) is 4.39 Å². The Hall–Kier alpha value is -0.940. The molecule has 1 atom stereocenters. The van der Waals surface area contributed by atoms with E-state index >= 15 is 0 Å². The molecule has 3 nitrogen and oxygen atoms in total. The normalized spacial score (nSPS) is 22.3. The molecule has 1 heterocycles. The highest BCUT2D eigenvalue weighted by atomic mass is 79.9. The van der Waals surface area contributed by atoms with Crippen LogP contribution in [0.15, 0.2) is 16.6 Å². The smallest absolute Gasteiger partial charge is 0.232 e. The predicted molar refractivity (Wildman–Crippen MR) is 82.2 cm³/mol. The number of halogens is 2.